The molecule has 6 atom stereocenters. The Labute approximate surface area is 241 Å². The highest BCUT2D eigenvalue weighted by molar-refractivity contribution is 6.05. The maximum absolute atomic E-state index is 14.8. The highest BCUT2D eigenvalue weighted by Gasteiger charge is 2.79. The van der Waals surface area contributed by atoms with Crippen molar-refractivity contribution in [3.05, 3.63) is 67.8 Å². The lowest BCUT2D eigenvalue weighted by Crippen LogP contribution is -2.60. The van der Waals surface area contributed by atoms with Gasteiger partial charge < -0.3 is 24.4 Å². The van der Waals surface area contributed by atoms with Gasteiger partial charge in [-0.25, -0.2) is 0 Å². The molecule has 3 fully saturated rings. The number of carbonyl (C=O) groups excluding carboxylic acids is 3. The van der Waals surface area contributed by atoms with Crippen molar-refractivity contribution in [3.8, 4) is 0 Å². The lowest BCUT2D eigenvalue weighted by molar-refractivity contribution is -0.161. The molecule has 2 aromatic carbocycles. The smallest absolute Gasteiger partial charge is 0.313 e. The second-order valence-electron chi connectivity index (χ2n) is 11.8. The third-order valence-corrected chi connectivity index (χ3v) is 9.39. The Morgan fingerprint density at radius 2 is 1.90 bits per heavy atom. The Kier molecular flexibility index (Phi) is 7.83. The van der Waals surface area contributed by atoms with E-state index in [9.17, 15) is 19.5 Å². The van der Waals surface area contributed by atoms with E-state index >= 15 is 0 Å². The number of esters is 1. The number of carbonyl (C=O) groups is 3. The van der Waals surface area contributed by atoms with Crippen LogP contribution in [0.3, 0.4) is 0 Å². The first kappa shape index (κ1) is 29.0. The summed E-state index contributed by atoms with van der Waals surface area (Å²) in [5.74, 6) is -3.06. The molecular formula is C33H40N2O6. The minimum atomic E-state index is -1.22. The summed E-state index contributed by atoms with van der Waals surface area (Å²) in [4.78, 5) is 45.9. The second-order valence-corrected chi connectivity index (χ2v) is 11.8. The largest absolute Gasteiger partial charge is 0.461 e. The molecule has 8 heteroatoms. The first-order valence-electron chi connectivity index (χ1n) is 14.5. The maximum atomic E-state index is 14.8. The van der Waals surface area contributed by atoms with E-state index in [1.54, 1.807) is 11.0 Å². The van der Waals surface area contributed by atoms with Gasteiger partial charge in [0, 0.05) is 12.2 Å². The molecule has 2 amide bonds. The van der Waals surface area contributed by atoms with Crippen molar-refractivity contribution in [3.63, 3.8) is 0 Å². The third-order valence-electron chi connectivity index (χ3n) is 9.39. The van der Waals surface area contributed by atoms with Crippen molar-refractivity contribution in [1.29, 1.82) is 0 Å². The van der Waals surface area contributed by atoms with Crippen molar-refractivity contribution in [1.82, 2.24) is 4.90 Å². The minimum Gasteiger partial charge on any atom is -0.461 e. The third kappa shape index (κ3) is 4.39. The quantitative estimate of drug-likeness (QED) is 0.326. The predicted molar refractivity (Wildman–Crippen MR) is 157 cm³/mol. The molecule has 0 radical (unpaired) electrons. The molecule has 2 bridgehead atoms. The second kappa shape index (κ2) is 11.1. The van der Waals surface area contributed by atoms with E-state index in [4.69, 9.17) is 9.47 Å². The number of hydrogen-bond acceptors (Lipinski definition) is 6. The van der Waals surface area contributed by atoms with E-state index in [-0.39, 0.29) is 37.5 Å². The Bertz CT molecular complexity index is 1370. The van der Waals surface area contributed by atoms with Crippen LogP contribution in [0.15, 0.2) is 67.8 Å². The molecule has 0 aliphatic carbocycles. The number of anilines is 1. The van der Waals surface area contributed by atoms with Gasteiger partial charge >= 0.3 is 5.97 Å². The molecule has 2 unspecified atom stereocenters. The molecule has 1 spiro atoms. The lowest BCUT2D eigenvalue weighted by atomic mass is 9.65. The van der Waals surface area contributed by atoms with Crippen LogP contribution in [0.1, 0.15) is 40.0 Å². The molecule has 3 heterocycles. The van der Waals surface area contributed by atoms with Crippen LogP contribution in [0.2, 0.25) is 0 Å². The summed E-state index contributed by atoms with van der Waals surface area (Å²) in [6.07, 6.45) is 4.63. The molecule has 41 heavy (non-hydrogen) atoms. The van der Waals surface area contributed by atoms with Gasteiger partial charge in [0.25, 0.3) is 5.91 Å². The normalized spacial score (nSPS) is 29.0. The summed E-state index contributed by atoms with van der Waals surface area (Å²) in [5.41, 5.74) is -1.45. The monoisotopic (exact) mass is 560 g/mol. The molecule has 1 N–H and O–H groups in total. The zero-order chi connectivity index (χ0) is 29.5. The highest BCUT2D eigenvalue weighted by atomic mass is 16.6. The van der Waals surface area contributed by atoms with Gasteiger partial charge in [0.15, 0.2) is 0 Å². The summed E-state index contributed by atoms with van der Waals surface area (Å²) in [6.45, 7) is 13.2. The highest BCUT2D eigenvalue weighted by Crippen LogP contribution is 2.65. The minimum absolute atomic E-state index is 0.0233. The van der Waals surface area contributed by atoms with Crippen molar-refractivity contribution in [2.24, 2.45) is 17.8 Å². The Hall–Kier alpha value is -3.49. The van der Waals surface area contributed by atoms with Crippen LogP contribution in [0, 0.1) is 17.8 Å². The summed E-state index contributed by atoms with van der Waals surface area (Å²) in [5, 5.41) is 12.5. The molecule has 3 aliphatic heterocycles. The van der Waals surface area contributed by atoms with Gasteiger partial charge in [-0.05, 0) is 48.1 Å². The number of hydrogen-bond donors (Lipinski definition) is 1. The summed E-state index contributed by atoms with van der Waals surface area (Å²) < 4.78 is 12.3. The number of fused-ring (bicyclic) bond motifs is 2. The van der Waals surface area contributed by atoms with Crippen molar-refractivity contribution in [2.75, 3.05) is 24.7 Å². The van der Waals surface area contributed by atoms with Crippen molar-refractivity contribution in [2.45, 2.75) is 63.3 Å². The fourth-order valence-electron chi connectivity index (χ4n) is 7.45. The average molecular weight is 561 g/mol. The lowest BCUT2D eigenvalue weighted by Gasteiger charge is -2.40. The van der Waals surface area contributed by atoms with Gasteiger partial charge in [-0.2, -0.15) is 0 Å². The van der Waals surface area contributed by atoms with Gasteiger partial charge in [-0.3, -0.25) is 14.4 Å². The number of benzene rings is 2. The molecular weight excluding hydrogens is 520 g/mol. The number of rotatable bonds is 11. The van der Waals surface area contributed by atoms with Gasteiger partial charge in [-0.1, -0.05) is 69.8 Å². The van der Waals surface area contributed by atoms with Crippen LogP contribution in [0.25, 0.3) is 10.8 Å². The Balaban J connectivity index is 1.65. The fourth-order valence-corrected chi connectivity index (χ4v) is 7.45. The number of likely N-dealkylation sites (tertiary alicyclic amines) is 1. The number of nitrogens with zero attached hydrogens (tertiary/aromatic N) is 2. The number of amides is 2. The van der Waals surface area contributed by atoms with Gasteiger partial charge in [0.05, 0.1) is 24.2 Å². The first-order chi connectivity index (χ1) is 19.7. The van der Waals surface area contributed by atoms with E-state index in [1.807, 2.05) is 63.2 Å². The topological polar surface area (TPSA) is 96.4 Å². The van der Waals surface area contributed by atoms with Gasteiger partial charge in [-0.15, -0.1) is 6.58 Å². The Morgan fingerprint density at radius 1 is 1.17 bits per heavy atom. The van der Waals surface area contributed by atoms with Crippen LogP contribution < -0.4 is 4.90 Å². The summed E-state index contributed by atoms with van der Waals surface area (Å²) in [7, 11) is 0. The van der Waals surface area contributed by atoms with Crippen LogP contribution in [0.4, 0.5) is 5.69 Å². The van der Waals surface area contributed by atoms with Crippen LogP contribution in [-0.2, 0) is 23.9 Å². The average Bonchev–Trinajstić information content (AvgIpc) is 3.58. The van der Waals surface area contributed by atoms with Crippen molar-refractivity contribution >= 4 is 34.2 Å². The number of aliphatic hydroxyl groups is 1. The van der Waals surface area contributed by atoms with E-state index < -0.39 is 41.1 Å². The molecule has 5 rings (SSSR count). The maximum Gasteiger partial charge on any atom is 0.313 e. The van der Waals surface area contributed by atoms with E-state index in [0.717, 1.165) is 10.8 Å². The predicted octanol–water partition coefficient (Wildman–Crippen LogP) is 4.26. The molecule has 8 nitrogen and oxygen atoms in total. The van der Waals surface area contributed by atoms with Crippen molar-refractivity contribution < 1.29 is 29.0 Å². The van der Waals surface area contributed by atoms with Crippen LogP contribution in [-0.4, -0.2) is 70.8 Å². The van der Waals surface area contributed by atoms with Gasteiger partial charge in [0.1, 0.15) is 24.2 Å². The van der Waals surface area contributed by atoms with E-state index in [0.29, 0.717) is 24.9 Å². The van der Waals surface area contributed by atoms with E-state index in [1.165, 1.54) is 11.0 Å². The summed E-state index contributed by atoms with van der Waals surface area (Å²) in [6, 6.07) is 12.0. The van der Waals surface area contributed by atoms with Crippen LogP contribution >= 0.6 is 0 Å². The summed E-state index contributed by atoms with van der Waals surface area (Å²) >= 11 is 0. The molecule has 3 saturated heterocycles. The molecule has 0 aromatic heterocycles. The first-order valence-corrected chi connectivity index (χ1v) is 14.5. The standard InChI is InChI=1S/C33H40N2O6/c1-6-17-34(24-14-13-22-11-9-10-12-23(22)19-24)30(38)28-33-16-15-32(8-3,41-33)27(31(39)40-18-7-2)26(33)29(37)35(28)25(20-36)21(4)5/h6-7,9-14,19,21,25-28,36H,1-2,8,15-18,20H2,3-5H3/t25-,26-,27+,28?,32-,33?/m0/s1. The SMILES string of the molecule is C=CCOC(=O)[C@H]1[C@H]2C(=O)N([C@@H](CO)C(C)C)C(C(=O)N(CC=C)c3ccc4ccccc4c3)C23CC[C@]1(CC)O3. The molecule has 0 saturated carbocycles. The Morgan fingerprint density at radius 3 is 2.54 bits per heavy atom. The van der Waals surface area contributed by atoms with Gasteiger partial charge in [0.2, 0.25) is 5.91 Å². The van der Waals surface area contributed by atoms with Crippen LogP contribution in [0.5, 0.6) is 0 Å². The fraction of sp³-hybridized carbons (Fsp3) is 0.485. The molecule has 218 valence electrons. The molecule has 3 aliphatic rings. The molecule has 2 aromatic rings. The van der Waals surface area contributed by atoms with E-state index in [2.05, 4.69) is 13.2 Å². The number of aliphatic hydroxyl groups excluding tert-OH is 1. The zero-order valence-electron chi connectivity index (χ0n) is 24.1. The zero-order valence-corrected chi connectivity index (χ0v) is 24.1. The number of ether oxygens (including phenoxy) is 2.